The molecule has 1 aromatic heterocycles. The van der Waals surface area contributed by atoms with E-state index in [1.807, 2.05) is 31.2 Å². The molecule has 1 saturated heterocycles. The molecule has 1 aliphatic heterocycles. The maximum Gasteiger partial charge on any atom is 0.232 e. The average molecular weight is 333 g/mol. The van der Waals surface area contributed by atoms with Crippen molar-refractivity contribution in [3.63, 3.8) is 0 Å². The summed E-state index contributed by atoms with van der Waals surface area (Å²) in [6.07, 6.45) is 5.13. The number of benzene rings is 1. The SMILES string of the molecule is Cc1ccc(CS(=O)(=O)N2CCC(Oc3cnccn3)C2)cc1. The Labute approximate surface area is 136 Å². The molecule has 0 radical (unpaired) electrons. The molecule has 1 atom stereocenters. The summed E-state index contributed by atoms with van der Waals surface area (Å²) < 4.78 is 32.2. The van der Waals surface area contributed by atoms with Crippen molar-refractivity contribution in [1.82, 2.24) is 14.3 Å². The highest BCUT2D eigenvalue weighted by molar-refractivity contribution is 7.88. The van der Waals surface area contributed by atoms with Crippen molar-refractivity contribution in [3.8, 4) is 5.88 Å². The van der Waals surface area contributed by atoms with Crippen molar-refractivity contribution >= 4 is 10.0 Å². The van der Waals surface area contributed by atoms with Gasteiger partial charge in [-0.1, -0.05) is 29.8 Å². The summed E-state index contributed by atoms with van der Waals surface area (Å²) in [7, 11) is -3.33. The Bertz CT molecular complexity index is 748. The lowest BCUT2D eigenvalue weighted by atomic mass is 10.2. The topological polar surface area (TPSA) is 72.4 Å². The number of ether oxygens (including phenoxy) is 1. The van der Waals surface area contributed by atoms with Gasteiger partial charge in [-0.3, -0.25) is 4.98 Å². The molecule has 3 rings (SSSR count). The first-order chi connectivity index (χ1) is 11.0. The molecule has 0 spiro atoms. The fraction of sp³-hybridized carbons (Fsp3) is 0.375. The summed E-state index contributed by atoms with van der Waals surface area (Å²) in [5.41, 5.74) is 1.92. The Morgan fingerprint density at radius 3 is 2.74 bits per heavy atom. The number of hydrogen-bond donors (Lipinski definition) is 0. The van der Waals surface area contributed by atoms with Crippen molar-refractivity contribution in [2.24, 2.45) is 0 Å². The van der Waals surface area contributed by atoms with Crippen LogP contribution in [0.1, 0.15) is 17.5 Å². The third-order valence-electron chi connectivity index (χ3n) is 3.80. The fourth-order valence-corrected chi connectivity index (χ4v) is 4.12. The number of aryl methyl sites for hydroxylation is 1. The number of nitrogens with zero attached hydrogens (tertiary/aromatic N) is 3. The number of hydrogen-bond acceptors (Lipinski definition) is 5. The van der Waals surface area contributed by atoms with Crippen LogP contribution in [0.25, 0.3) is 0 Å². The van der Waals surface area contributed by atoms with Gasteiger partial charge in [-0.2, -0.15) is 4.31 Å². The minimum atomic E-state index is -3.33. The Kier molecular flexibility index (Phi) is 4.58. The van der Waals surface area contributed by atoms with Crippen molar-refractivity contribution in [1.29, 1.82) is 0 Å². The smallest absolute Gasteiger partial charge is 0.232 e. The fourth-order valence-electron chi connectivity index (χ4n) is 2.55. The van der Waals surface area contributed by atoms with E-state index in [2.05, 4.69) is 9.97 Å². The van der Waals surface area contributed by atoms with Gasteiger partial charge in [-0.25, -0.2) is 13.4 Å². The monoisotopic (exact) mass is 333 g/mol. The molecule has 0 saturated carbocycles. The second-order valence-electron chi connectivity index (χ2n) is 5.67. The van der Waals surface area contributed by atoms with E-state index in [9.17, 15) is 8.42 Å². The first kappa shape index (κ1) is 15.9. The molecule has 0 amide bonds. The quantitative estimate of drug-likeness (QED) is 0.834. The van der Waals surface area contributed by atoms with Crippen LogP contribution in [-0.2, 0) is 15.8 Å². The molecular weight excluding hydrogens is 314 g/mol. The molecule has 1 aliphatic rings. The summed E-state index contributed by atoms with van der Waals surface area (Å²) in [6, 6.07) is 7.57. The van der Waals surface area contributed by atoms with E-state index in [1.165, 1.54) is 10.5 Å². The molecular formula is C16H19N3O3S. The molecule has 7 heteroatoms. The van der Waals surface area contributed by atoms with Gasteiger partial charge in [0.15, 0.2) is 0 Å². The summed E-state index contributed by atoms with van der Waals surface area (Å²) in [6.45, 7) is 2.80. The molecule has 122 valence electrons. The van der Waals surface area contributed by atoms with Crippen LogP contribution in [0.5, 0.6) is 5.88 Å². The zero-order chi connectivity index (χ0) is 16.3. The van der Waals surface area contributed by atoms with Crippen LogP contribution < -0.4 is 4.74 Å². The van der Waals surface area contributed by atoms with Crippen LogP contribution in [0, 0.1) is 6.92 Å². The number of sulfonamides is 1. The molecule has 2 heterocycles. The van der Waals surface area contributed by atoms with E-state index < -0.39 is 10.0 Å². The molecule has 1 unspecified atom stereocenters. The third-order valence-corrected chi connectivity index (χ3v) is 5.61. The van der Waals surface area contributed by atoms with Crippen LogP contribution >= 0.6 is 0 Å². The number of aromatic nitrogens is 2. The minimum Gasteiger partial charge on any atom is -0.472 e. The van der Waals surface area contributed by atoms with Crippen LogP contribution in [0.4, 0.5) is 0 Å². The average Bonchev–Trinajstić information content (AvgIpc) is 3.00. The van der Waals surface area contributed by atoms with Crippen molar-refractivity contribution in [2.75, 3.05) is 13.1 Å². The number of rotatable bonds is 5. The standard InChI is InChI=1S/C16H19N3O3S/c1-13-2-4-14(5-3-13)12-23(20,21)19-9-6-15(11-19)22-16-10-17-7-8-18-16/h2-5,7-8,10,15H,6,9,11-12H2,1H3. The summed E-state index contributed by atoms with van der Waals surface area (Å²) in [4.78, 5) is 7.99. The largest absolute Gasteiger partial charge is 0.472 e. The summed E-state index contributed by atoms with van der Waals surface area (Å²) >= 11 is 0. The van der Waals surface area contributed by atoms with Gasteiger partial charge in [-0.15, -0.1) is 0 Å². The van der Waals surface area contributed by atoms with Crippen LogP contribution in [0.2, 0.25) is 0 Å². The van der Waals surface area contributed by atoms with Gasteiger partial charge < -0.3 is 4.74 Å². The predicted molar refractivity (Wildman–Crippen MR) is 86.4 cm³/mol. The lowest BCUT2D eigenvalue weighted by Crippen LogP contribution is -2.32. The molecule has 23 heavy (non-hydrogen) atoms. The second kappa shape index (κ2) is 6.64. The van der Waals surface area contributed by atoms with E-state index in [-0.39, 0.29) is 11.9 Å². The predicted octanol–water partition coefficient (Wildman–Crippen LogP) is 1.77. The van der Waals surface area contributed by atoms with Gasteiger partial charge in [-0.05, 0) is 18.9 Å². The first-order valence-corrected chi connectivity index (χ1v) is 9.10. The van der Waals surface area contributed by atoms with Crippen LogP contribution in [-0.4, -0.2) is 41.9 Å². The van der Waals surface area contributed by atoms with Gasteiger partial charge in [0.05, 0.1) is 18.5 Å². The lowest BCUT2D eigenvalue weighted by molar-refractivity contribution is 0.206. The minimum absolute atomic E-state index is 0.0190. The Morgan fingerprint density at radius 2 is 2.04 bits per heavy atom. The van der Waals surface area contributed by atoms with Gasteiger partial charge in [0, 0.05) is 18.9 Å². The van der Waals surface area contributed by atoms with Gasteiger partial charge in [0.25, 0.3) is 0 Å². The summed E-state index contributed by atoms with van der Waals surface area (Å²) in [5, 5.41) is 0. The summed E-state index contributed by atoms with van der Waals surface area (Å²) in [5.74, 6) is 0.445. The Morgan fingerprint density at radius 1 is 1.26 bits per heavy atom. The zero-order valence-corrected chi connectivity index (χ0v) is 13.7. The van der Waals surface area contributed by atoms with Gasteiger partial charge in [0.1, 0.15) is 6.10 Å². The van der Waals surface area contributed by atoms with Crippen molar-refractivity contribution in [2.45, 2.75) is 25.2 Å². The van der Waals surface area contributed by atoms with Gasteiger partial charge in [0.2, 0.25) is 15.9 Å². The van der Waals surface area contributed by atoms with E-state index >= 15 is 0 Å². The highest BCUT2D eigenvalue weighted by Crippen LogP contribution is 2.21. The zero-order valence-electron chi connectivity index (χ0n) is 12.9. The van der Waals surface area contributed by atoms with E-state index in [0.29, 0.717) is 25.4 Å². The van der Waals surface area contributed by atoms with Crippen LogP contribution in [0.15, 0.2) is 42.9 Å². The maximum atomic E-state index is 12.5. The molecule has 0 aliphatic carbocycles. The molecule has 0 N–H and O–H groups in total. The van der Waals surface area contributed by atoms with Crippen molar-refractivity contribution < 1.29 is 13.2 Å². The van der Waals surface area contributed by atoms with Gasteiger partial charge >= 0.3 is 0 Å². The second-order valence-corrected chi connectivity index (χ2v) is 7.64. The first-order valence-electron chi connectivity index (χ1n) is 7.49. The van der Waals surface area contributed by atoms with E-state index in [4.69, 9.17) is 4.74 Å². The normalized spacial score (nSPS) is 18.9. The van der Waals surface area contributed by atoms with Crippen molar-refractivity contribution in [3.05, 3.63) is 54.0 Å². The highest BCUT2D eigenvalue weighted by Gasteiger charge is 2.32. The Hall–Kier alpha value is -1.99. The molecule has 1 aromatic carbocycles. The lowest BCUT2D eigenvalue weighted by Gasteiger charge is -2.17. The highest BCUT2D eigenvalue weighted by atomic mass is 32.2. The van der Waals surface area contributed by atoms with E-state index in [0.717, 1.165) is 11.1 Å². The molecule has 6 nitrogen and oxygen atoms in total. The van der Waals surface area contributed by atoms with Crippen LogP contribution in [0.3, 0.4) is 0 Å². The molecule has 2 aromatic rings. The van der Waals surface area contributed by atoms with E-state index in [1.54, 1.807) is 12.4 Å². The maximum absolute atomic E-state index is 12.5. The molecule has 1 fully saturated rings. The third kappa shape index (κ3) is 4.05. The Balaban J connectivity index is 1.62. The molecule has 0 bridgehead atoms.